The summed E-state index contributed by atoms with van der Waals surface area (Å²) in [5.41, 5.74) is 7.27. The summed E-state index contributed by atoms with van der Waals surface area (Å²) < 4.78 is 5.89. The molecule has 0 bridgehead atoms. The van der Waals surface area contributed by atoms with Crippen LogP contribution in [0.15, 0.2) is 72.8 Å². The number of hydrogen-bond donors (Lipinski definition) is 1. The number of likely N-dealkylation sites (N-methyl/N-ethyl adjacent to an activating group) is 1. The molecule has 0 unspecified atom stereocenters. The molecular formula is C29H35NO2. The molecule has 0 atom stereocenters. The van der Waals surface area contributed by atoms with Gasteiger partial charge in [0, 0.05) is 6.54 Å². The third kappa shape index (κ3) is 6.02. The second-order valence-corrected chi connectivity index (χ2v) is 8.71. The number of rotatable bonds is 9. The number of hydrogen-bond acceptors (Lipinski definition) is 3. The molecule has 3 nitrogen and oxygen atoms in total. The van der Waals surface area contributed by atoms with Crippen LogP contribution < -0.4 is 4.74 Å². The van der Waals surface area contributed by atoms with Crippen LogP contribution in [0.25, 0.3) is 11.1 Å². The first kappa shape index (κ1) is 23.6. The Labute approximate surface area is 193 Å². The van der Waals surface area contributed by atoms with Crippen LogP contribution >= 0.6 is 0 Å². The number of phenols is 1. The summed E-state index contributed by atoms with van der Waals surface area (Å²) in [6.07, 6.45) is 0.901. The van der Waals surface area contributed by atoms with Gasteiger partial charge in [-0.1, -0.05) is 69.3 Å². The molecule has 0 fully saturated rings. The van der Waals surface area contributed by atoms with Crippen molar-refractivity contribution in [1.29, 1.82) is 0 Å². The van der Waals surface area contributed by atoms with E-state index in [0.29, 0.717) is 12.5 Å². The fourth-order valence-electron chi connectivity index (χ4n) is 3.80. The SMILES string of the molecule is CCC(=C(c1ccc(O)cc1)c1ccc(OCCN(C)C)cc1)c1ccc(C(C)C)cc1. The minimum atomic E-state index is 0.275. The number of nitrogens with zero attached hydrogens (tertiary/aromatic N) is 1. The van der Waals surface area contributed by atoms with Crippen molar-refractivity contribution in [2.75, 3.05) is 27.2 Å². The molecule has 3 rings (SSSR count). The van der Waals surface area contributed by atoms with Crippen LogP contribution in [-0.4, -0.2) is 37.3 Å². The van der Waals surface area contributed by atoms with Gasteiger partial charge in [-0.2, -0.15) is 0 Å². The van der Waals surface area contributed by atoms with Gasteiger partial charge >= 0.3 is 0 Å². The fraction of sp³-hybridized carbons (Fsp3) is 0.310. The first-order chi connectivity index (χ1) is 15.4. The molecule has 3 aromatic carbocycles. The van der Waals surface area contributed by atoms with E-state index in [1.165, 1.54) is 22.3 Å². The Bertz CT molecular complexity index is 1010. The summed E-state index contributed by atoms with van der Waals surface area (Å²) >= 11 is 0. The van der Waals surface area contributed by atoms with Gasteiger partial charge in [-0.05, 0) is 84.1 Å². The maximum absolute atomic E-state index is 9.83. The molecule has 0 radical (unpaired) electrons. The van der Waals surface area contributed by atoms with E-state index in [1.54, 1.807) is 12.1 Å². The monoisotopic (exact) mass is 429 g/mol. The van der Waals surface area contributed by atoms with E-state index in [0.717, 1.165) is 29.8 Å². The van der Waals surface area contributed by atoms with Crippen LogP contribution in [0.1, 0.15) is 55.4 Å². The summed E-state index contributed by atoms with van der Waals surface area (Å²) in [4.78, 5) is 2.11. The van der Waals surface area contributed by atoms with Crippen molar-refractivity contribution in [1.82, 2.24) is 4.90 Å². The summed E-state index contributed by atoms with van der Waals surface area (Å²) in [6, 6.07) is 24.7. The second-order valence-electron chi connectivity index (χ2n) is 8.71. The molecule has 0 aliphatic heterocycles. The predicted molar refractivity (Wildman–Crippen MR) is 135 cm³/mol. The maximum atomic E-state index is 9.83. The Balaban J connectivity index is 2.04. The Hall–Kier alpha value is -3.04. The van der Waals surface area contributed by atoms with Crippen molar-refractivity contribution < 1.29 is 9.84 Å². The molecule has 168 valence electrons. The molecule has 0 spiro atoms. The zero-order valence-electron chi connectivity index (χ0n) is 19.9. The third-order valence-corrected chi connectivity index (χ3v) is 5.69. The van der Waals surface area contributed by atoms with E-state index in [4.69, 9.17) is 4.74 Å². The summed E-state index contributed by atoms with van der Waals surface area (Å²) in [6.45, 7) is 8.18. The highest BCUT2D eigenvalue weighted by atomic mass is 16.5. The van der Waals surface area contributed by atoms with Gasteiger partial charge in [0.05, 0.1) is 0 Å². The molecule has 0 saturated heterocycles. The Morgan fingerprint density at radius 3 is 1.84 bits per heavy atom. The zero-order valence-corrected chi connectivity index (χ0v) is 19.9. The first-order valence-corrected chi connectivity index (χ1v) is 11.4. The third-order valence-electron chi connectivity index (χ3n) is 5.69. The quantitative estimate of drug-likeness (QED) is 0.379. The number of ether oxygens (including phenoxy) is 1. The van der Waals surface area contributed by atoms with Crippen LogP contribution in [0.2, 0.25) is 0 Å². The molecule has 3 aromatic rings. The second kappa shape index (κ2) is 11.0. The molecule has 0 heterocycles. The smallest absolute Gasteiger partial charge is 0.119 e. The average Bonchev–Trinajstić information content (AvgIpc) is 2.79. The Morgan fingerprint density at radius 2 is 1.34 bits per heavy atom. The van der Waals surface area contributed by atoms with Gasteiger partial charge < -0.3 is 14.7 Å². The lowest BCUT2D eigenvalue weighted by Gasteiger charge is -2.18. The highest BCUT2D eigenvalue weighted by Gasteiger charge is 2.14. The zero-order chi connectivity index (χ0) is 23.1. The molecular weight excluding hydrogens is 394 g/mol. The van der Waals surface area contributed by atoms with E-state index in [9.17, 15) is 5.11 Å². The highest BCUT2D eigenvalue weighted by molar-refractivity contribution is 5.98. The summed E-state index contributed by atoms with van der Waals surface area (Å²) in [5, 5.41) is 9.83. The van der Waals surface area contributed by atoms with Crippen molar-refractivity contribution in [3.8, 4) is 11.5 Å². The van der Waals surface area contributed by atoms with E-state index < -0.39 is 0 Å². The molecule has 1 N–H and O–H groups in total. The van der Waals surface area contributed by atoms with E-state index in [1.807, 2.05) is 38.4 Å². The summed E-state index contributed by atoms with van der Waals surface area (Å²) in [7, 11) is 4.09. The van der Waals surface area contributed by atoms with Gasteiger partial charge in [0.1, 0.15) is 18.1 Å². The lowest BCUT2D eigenvalue weighted by Crippen LogP contribution is -2.19. The average molecular weight is 430 g/mol. The van der Waals surface area contributed by atoms with Crippen LogP contribution in [0, 0.1) is 0 Å². The molecule has 0 aromatic heterocycles. The van der Waals surface area contributed by atoms with Gasteiger partial charge in [-0.25, -0.2) is 0 Å². The van der Waals surface area contributed by atoms with Crippen molar-refractivity contribution in [3.63, 3.8) is 0 Å². The Morgan fingerprint density at radius 1 is 0.812 bits per heavy atom. The molecule has 0 aliphatic rings. The predicted octanol–water partition coefficient (Wildman–Crippen LogP) is 6.83. The number of benzene rings is 3. The van der Waals surface area contributed by atoms with Crippen LogP contribution in [0.5, 0.6) is 11.5 Å². The fourth-order valence-corrected chi connectivity index (χ4v) is 3.80. The van der Waals surface area contributed by atoms with Crippen molar-refractivity contribution in [2.45, 2.75) is 33.1 Å². The minimum Gasteiger partial charge on any atom is -0.508 e. The topological polar surface area (TPSA) is 32.7 Å². The van der Waals surface area contributed by atoms with Gasteiger partial charge in [-0.15, -0.1) is 0 Å². The molecule has 3 heteroatoms. The lowest BCUT2D eigenvalue weighted by molar-refractivity contribution is 0.261. The van der Waals surface area contributed by atoms with Crippen molar-refractivity contribution >= 4 is 11.1 Å². The maximum Gasteiger partial charge on any atom is 0.119 e. The lowest BCUT2D eigenvalue weighted by atomic mass is 9.87. The number of allylic oxidation sites excluding steroid dienone is 1. The van der Waals surface area contributed by atoms with Crippen LogP contribution in [0.3, 0.4) is 0 Å². The van der Waals surface area contributed by atoms with Crippen LogP contribution in [0.4, 0.5) is 0 Å². The van der Waals surface area contributed by atoms with E-state index in [2.05, 4.69) is 62.1 Å². The molecule has 0 aliphatic carbocycles. The standard InChI is InChI=1S/C29H35NO2/c1-6-28(23-9-7-22(8-10-23)21(2)3)29(24-11-15-26(31)16-12-24)25-13-17-27(18-14-25)32-20-19-30(4)5/h7-18,21,31H,6,19-20H2,1-5H3. The normalized spacial score (nSPS) is 12.2. The van der Waals surface area contributed by atoms with E-state index in [-0.39, 0.29) is 5.75 Å². The molecule has 0 saturated carbocycles. The molecule has 0 amide bonds. The summed E-state index contributed by atoms with van der Waals surface area (Å²) in [5.74, 6) is 1.66. The first-order valence-electron chi connectivity index (χ1n) is 11.4. The van der Waals surface area contributed by atoms with E-state index >= 15 is 0 Å². The molecule has 32 heavy (non-hydrogen) atoms. The Kier molecular flexibility index (Phi) is 8.13. The number of phenolic OH excluding ortho intramolecular Hbond substituents is 1. The van der Waals surface area contributed by atoms with Crippen molar-refractivity contribution in [2.24, 2.45) is 0 Å². The van der Waals surface area contributed by atoms with Gasteiger partial charge in [-0.3, -0.25) is 0 Å². The minimum absolute atomic E-state index is 0.275. The van der Waals surface area contributed by atoms with Gasteiger partial charge in [0.15, 0.2) is 0 Å². The van der Waals surface area contributed by atoms with Gasteiger partial charge in [0.25, 0.3) is 0 Å². The number of aromatic hydroxyl groups is 1. The van der Waals surface area contributed by atoms with Gasteiger partial charge in [0.2, 0.25) is 0 Å². The largest absolute Gasteiger partial charge is 0.508 e. The van der Waals surface area contributed by atoms with Crippen molar-refractivity contribution in [3.05, 3.63) is 95.1 Å². The van der Waals surface area contributed by atoms with Crippen LogP contribution in [-0.2, 0) is 0 Å². The highest BCUT2D eigenvalue weighted by Crippen LogP contribution is 2.36.